The van der Waals surface area contributed by atoms with Gasteiger partial charge in [0.25, 0.3) is 0 Å². The van der Waals surface area contributed by atoms with Gasteiger partial charge in [0.15, 0.2) is 0 Å². The Bertz CT molecular complexity index is 582. The molecule has 9 nitrogen and oxygen atoms in total. The Hall–Kier alpha value is -1.15. The number of halogens is 2. The fourth-order valence-electron chi connectivity index (χ4n) is 1.09. The predicted molar refractivity (Wildman–Crippen MR) is 78.1 cm³/mol. The van der Waals surface area contributed by atoms with Gasteiger partial charge in [-0.3, -0.25) is 0 Å². The van der Waals surface area contributed by atoms with Crippen molar-refractivity contribution >= 4 is 26.8 Å². The summed E-state index contributed by atoms with van der Waals surface area (Å²) in [5, 5.41) is 9.49. The highest BCUT2D eigenvalue weighted by Crippen LogP contribution is 2.11. The second kappa shape index (κ2) is 9.22. The molecule has 0 saturated heterocycles. The Morgan fingerprint density at radius 2 is 1.61 bits per heavy atom. The summed E-state index contributed by atoms with van der Waals surface area (Å²) in [6.07, 6.45) is -0.627. The lowest BCUT2D eigenvalue weighted by molar-refractivity contribution is -0.873. The minimum Gasteiger partial charge on any atom is -0.459 e. The summed E-state index contributed by atoms with van der Waals surface area (Å²) in [5.41, 5.74) is 0.349. The number of esters is 1. The Morgan fingerprint density at radius 3 is 1.83 bits per heavy atom. The number of carbonyl (C=O) groups is 1. The number of carbonyl (C=O) groups excluding carboxylic acids is 1. The van der Waals surface area contributed by atoms with E-state index in [9.17, 15) is 34.5 Å². The van der Waals surface area contributed by atoms with Crippen molar-refractivity contribution < 1.29 is 43.7 Å². The average molecular weight is 382 g/mol. The summed E-state index contributed by atoms with van der Waals surface area (Å²) in [4.78, 5) is 11.0. The number of aliphatic hydroxyl groups excluding tert-OH is 1. The molecule has 0 spiro atoms. The van der Waals surface area contributed by atoms with Crippen molar-refractivity contribution in [3.05, 3.63) is 16.3 Å². The summed E-state index contributed by atoms with van der Waals surface area (Å²) in [6, 6.07) is 0. The lowest BCUT2D eigenvalue weighted by Crippen LogP contribution is -2.43. The van der Waals surface area contributed by atoms with Crippen LogP contribution < -0.4 is 0 Å². The zero-order valence-electron chi connectivity index (χ0n) is 13.1. The normalized spacial score (nSPS) is 13.5. The van der Waals surface area contributed by atoms with Crippen LogP contribution in [0, 0.1) is 0 Å². The van der Waals surface area contributed by atoms with Crippen molar-refractivity contribution in [1.29, 1.82) is 0 Å². The first-order valence-corrected chi connectivity index (χ1v) is 8.55. The maximum atomic E-state index is 11.1. The molecule has 0 rings (SSSR count). The van der Waals surface area contributed by atoms with Gasteiger partial charge in [0.05, 0.1) is 21.1 Å². The van der Waals surface area contributed by atoms with Crippen molar-refractivity contribution in [3.63, 3.8) is 0 Å². The standard InChI is InChI=1S/C10H20NO3.F2NO4S2/c1-8(2)10(13)14-7-9(12)6-11(3,4)5;1-8(4,5)3-9(2,6)7/h9,12H,1,6-7H2,2-5H3;/q+1;-1. The van der Waals surface area contributed by atoms with Crippen LogP contribution in [0.5, 0.6) is 0 Å². The largest absolute Gasteiger partial charge is 0.459 e. The molecule has 0 bridgehead atoms. The maximum absolute atomic E-state index is 11.1. The van der Waals surface area contributed by atoms with E-state index in [1.54, 1.807) is 6.92 Å². The number of quaternary nitrogens is 1. The number of likely N-dealkylation sites (N-methyl/N-ethyl adjacent to an activating group) is 1. The maximum Gasteiger partial charge on any atom is 0.333 e. The monoisotopic (exact) mass is 382 g/mol. The van der Waals surface area contributed by atoms with E-state index in [0.717, 1.165) is 4.13 Å². The second-order valence-electron chi connectivity index (χ2n) is 5.40. The number of hydrogen-bond donors (Lipinski definition) is 1. The van der Waals surface area contributed by atoms with E-state index in [1.165, 1.54) is 0 Å². The van der Waals surface area contributed by atoms with E-state index in [-0.39, 0.29) is 6.61 Å². The molecule has 0 aliphatic heterocycles. The smallest absolute Gasteiger partial charge is 0.333 e. The van der Waals surface area contributed by atoms with Crippen molar-refractivity contribution in [1.82, 2.24) is 0 Å². The molecule has 1 atom stereocenters. The predicted octanol–water partition coefficient (Wildman–Crippen LogP) is -0.0385. The van der Waals surface area contributed by atoms with E-state index in [0.29, 0.717) is 16.6 Å². The zero-order chi connectivity index (χ0) is 19.1. The molecular formula is C10H20F2N2O7S2. The highest BCUT2D eigenvalue weighted by atomic mass is 32.3. The molecule has 0 amide bonds. The van der Waals surface area contributed by atoms with E-state index < -0.39 is 32.9 Å². The molecule has 0 aromatic heterocycles. The van der Waals surface area contributed by atoms with Crippen LogP contribution in [-0.4, -0.2) is 72.8 Å². The van der Waals surface area contributed by atoms with E-state index in [4.69, 9.17) is 4.74 Å². The quantitative estimate of drug-likeness (QED) is 0.283. The Morgan fingerprint density at radius 1 is 1.22 bits per heavy atom. The summed E-state index contributed by atoms with van der Waals surface area (Å²) >= 11 is 0. The van der Waals surface area contributed by atoms with Crippen LogP contribution in [-0.2, 0) is 30.3 Å². The van der Waals surface area contributed by atoms with Gasteiger partial charge in [-0.05, 0) is 6.92 Å². The average Bonchev–Trinajstić information content (AvgIpc) is 2.18. The van der Waals surface area contributed by atoms with Gasteiger partial charge >= 0.3 is 5.97 Å². The van der Waals surface area contributed by atoms with E-state index >= 15 is 0 Å². The topological polar surface area (TPSA) is 129 Å². The molecule has 0 aromatic carbocycles. The van der Waals surface area contributed by atoms with Crippen LogP contribution in [0.1, 0.15) is 6.92 Å². The summed E-state index contributed by atoms with van der Waals surface area (Å²) in [6.45, 7) is 5.60. The fourth-order valence-corrected chi connectivity index (χ4v) is 1.94. The van der Waals surface area contributed by atoms with Crippen LogP contribution in [0.3, 0.4) is 0 Å². The molecule has 0 saturated carbocycles. The van der Waals surface area contributed by atoms with Gasteiger partial charge in [-0.25, -0.2) is 21.6 Å². The van der Waals surface area contributed by atoms with Crippen LogP contribution in [0.2, 0.25) is 0 Å². The van der Waals surface area contributed by atoms with E-state index in [1.807, 2.05) is 21.1 Å². The summed E-state index contributed by atoms with van der Waals surface area (Å²) < 4.78 is 65.5. The molecule has 0 aromatic rings. The number of nitrogens with zero attached hydrogens (tertiary/aromatic N) is 2. The van der Waals surface area contributed by atoms with Crippen molar-refractivity contribution in [3.8, 4) is 0 Å². The van der Waals surface area contributed by atoms with Gasteiger partial charge in [0.1, 0.15) is 19.3 Å². The Labute approximate surface area is 134 Å². The molecule has 1 unspecified atom stereocenters. The number of aliphatic hydroxyl groups is 1. The van der Waals surface area contributed by atoms with Gasteiger partial charge in [0.2, 0.25) is 20.8 Å². The lowest BCUT2D eigenvalue weighted by Gasteiger charge is -2.26. The third-order valence-electron chi connectivity index (χ3n) is 1.69. The van der Waals surface area contributed by atoms with Gasteiger partial charge in [-0.2, -0.15) is 0 Å². The molecule has 0 aliphatic carbocycles. The van der Waals surface area contributed by atoms with Gasteiger partial charge in [0, 0.05) is 5.57 Å². The van der Waals surface area contributed by atoms with Crippen LogP contribution in [0.4, 0.5) is 7.77 Å². The molecule has 23 heavy (non-hydrogen) atoms. The van der Waals surface area contributed by atoms with Crippen molar-refractivity contribution in [2.75, 3.05) is 34.3 Å². The number of rotatable bonds is 7. The van der Waals surface area contributed by atoms with E-state index in [2.05, 4.69) is 6.58 Å². The Balaban J connectivity index is 0. The highest BCUT2D eigenvalue weighted by Gasteiger charge is 2.17. The molecule has 138 valence electrons. The first-order chi connectivity index (χ1) is 9.93. The van der Waals surface area contributed by atoms with Crippen molar-refractivity contribution in [2.45, 2.75) is 13.0 Å². The lowest BCUT2D eigenvalue weighted by atomic mass is 10.3. The van der Waals surface area contributed by atoms with Crippen LogP contribution >= 0.6 is 0 Å². The summed E-state index contributed by atoms with van der Waals surface area (Å²) in [5.74, 6) is -0.453. The first-order valence-electron chi connectivity index (χ1n) is 5.87. The molecule has 13 heteroatoms. The SMILES string of the molecule is C=C(C)C(=O)OCC(O)C[N+](C)(C)C.O=S(=O)(F)[N-]S(=O)(=O)F. The molecule has 0 fully saturated rings. The van der Waals surface area contributed by atoms with Gasteiger partial charge < -0.3 is 18.5 Å². The highest BCUT2D eigenvalue weighted by molar-refractivity contribution is 8.07. The summed E-state index contributed by atoms with van der Waals surface area (Å²) in [7, 11) is -5.35. The Kier molecular flexibility index (Phi) is 9.66. The van der Waals surface area contributed by atoms with Crippen molar-refractivity contribution in [2.24, 2.45) is 0 Å². The van der Waals surface area contributed by atoms with Crippen LogP contribution in [0.25, 0.3) is 4.13 Å². The minimum absolute atomic E-state index is 0.0290. The second-order valence-corrected chi connectivity index (χ2v) is 7.65. The molecule has 0 aliphatic rings. The number of hydrogen-bond acceptors (Lipinski definition) is 7. The molecular weight excluding hydrogens is 362 g/mol. The molecule has 0 heterocycles. The molecule has 0 radical (unpaired) electrons. The van der Waals surface area contributed by atoms with Gasteiger partial charge in [-0.1, -0.05) is 6.58 Å². The minimum atomic E-state index is -5.62. The third kappa shape index (κ3) is 20.9. The van der Waals surface area contributed by atoms with Crippen LogP contribution in [0.15, 0.2) is 12.2 Å². The number of ether oxygens (including phenoxy) is 1. The van der Waals surface area contributed by atoms with Gasteiger partial charge in [-0.15, -0.1) is 7.77 Å². The molecule has 1 N–H and O–H groups in total. The third-order valence-corrected chi connectivity index (χ3v) is 3.12. The first kappa shape index (κ1) is 24.1. The zero-order valence-corrected chi connectivity index (χ0v) is 14.7. The fraction of sp³-hybridized carbons (Fsp3) is 0.700.